The van der Waals surface area contributed by atoms with Crippen LogP contribution in [0.1, 0.15) is 27.3 Å². The van der Waals surface area contributed by atoms with Crippen molar-refractivity contribution in [2.45, 2.75) is 13.1 Å². The van der Waals surface area contributed by atoms with Crippen molar-refractivity contribution in [1.82, 2.24) is 34.8 Å². The predicted molar refractivity (Wildman–Crippen MR) is 138 cm³/mol. The van der Waals surface area contributed by atoms with Gasteiger partial charge in [-0.25, -0.2) is 24.3 Å². The van der Waals surface area contributed by atoms with Crippen LogP contribution >= 0.6 is 0 Å². The number of carbonyl (C=O) groups is 1. The van der Waals surface area contributed by atoms with Crippen LogP contribution in [0.5, 0.6) is 0 Å². The highest BCUT2D eigenvalue weighted by molar-refractivity contribution is 6.00. The number of nitrogen functional groups attached to an aromatic ring is 1. The number of benzene rings is 1. The van der Waals surface area contributed by atoms with E-state index in [1.165, 1.54) is 24.8 Å². The Morgan fingerprint density at radius 1 is 1.11 bits per heavy atom. The molecule has 1 aromatic carbocycles. The standard InChI is InChI=1S/C26H21FN10O/c1-37-13-20(21-23(29)34-14-35-25(21)37)17-4-2-15(3-5-17)9-31-24-22(36-19(7-28)12-32-24)26(38)33-10-16-6-18(27)11-30-8-16/h2-6,8,11-14H,9-10H2,1H3,(H,31,32)(H,33,38)(H2,29,34,35). The van der Waals surface area contributed by atoms with Gasteiger partial charge in [-0.05, 0) is 22.8 Å². The van der Waals surface area contributed by atoms with Crippen molar-refractivity contribution in [3.05, 3.63) is 89.8 Å². The summed E-state index contributed by atoms with van der Waals surface area (Å²) in [5.74, 6) is -0.446. The first-order valence-corrected chi connectivity index (χ1v) is 11.5. The zero-order valence-electron chi connectivity index (χ0n) is 20.2. The van der Waals surface area contributed by atoms with Gasteiger partial charge >= 0.3 is 0 Å². The van der Waals surface area contributed by atoms with Crippen molar-refractivity contribution in [2.75, 3.05) is 11.1 Å². The smallest absolute Gasteiger partial charge is 0.274 e. The van der Waals surface area contributed by atoms with E-state index in [4.69, 9.17) is 5.73 Å². The number of fused-ring (bicyclic) bond motifs is 1. The number of pyridine rings is 1. The molecule has 0 fully saturated rings. The molecule has 4 N–H and O–H groups in total. The molecule has 4 heterocycles. The lowest BCUT2D eigenvalue weighted by Crippen LogP contribution is -2.26. The molecule has 38 heavy (non-hydrogen) atoms. The average molecular weight is 509 g/mol. The number of rotatable bonds is 7. The number of halogens is 1. The Labute approximate surface area is 216 Å². The summed E-state index contributed by atoms with van der Waals surface area (Å²) in [6, 6.07) is 11.0. The molecule has 188 valence electrons. The van der Waals surface area contributed by atoms with Crippen LogP contribution in [-0.4, -0.2) is 35.4 Å². The number of carbonyl (C=O) groups excluding carboxylic acids is 1. The van der Waals surface area contributed by atoms with Crippen molar-refractivity contribution in [2.24, 2.45) is 7.05 Å². The molecule has 0 aliphatic carbocycles. The minimum atomic E-state index is -0.563. The minimum Gasteiger partial charge on any atom is -0.383 e. The number of nitriles is 1. The molecule has 0 aliphatic rings. The van der Waals surface area contributed by atoms with Gasteiger partial charge in [0.05, 0.1) is 17.8 Å². The largest absolute Gasteiger partial charge is 0.383 e. The van der Waals surface area contributed by atoms with Gasteiger partial charge in [0.2, 0.25) is 0 Å². The highest BCUT2D eigenvalue weighted by atomic mass is 19.1. The van der Waals surface area contributed by atoms with Crippen molar-refractivity contribution in [3.63, 3.8) is 0 Å². The number of hydrogen-bond donors (Lipinski definition) is 3. The molecule has 0 bridgehead atoms. The maximum Gasteiger partial charge on any atom is 0.274 e. The van der Waals surface area contributed by atoms with Gasteiger partial charge in [-0.3, -0.25) is 9.78 Å². The van der Waals surface area contributed by atoms with Gasteiger partial charge < -0.3 is 20.9 Å². The first kappa shape index (κ1) is 24.3. The second-order valence-corrected chi connectivity index (χ2v) is 8.42. The van der Waals surface area contributed by atoms with Crippen LogP contribution in [0, 0.1) is 17.1 Å². The molecule has 0 saturated carbocycles. The maximum atomic E-state index is 13.4. The highest BCUT2D eigenvalue weighted by Gasteiger charge is 2.17. The highest BCUT2D eigenvalue weighted by Crippen LogP contribution is 2.32. The molecule has 0 radical (unpaired) electrons. The molecular formula is C26H21FN10O. The van der Waals surface area contributed by atoms with Crippen LogP contribution in [0.15, 0.2) is 61.4 Å². The van der Waals surface area contributed by atoms with Gasteiger partial charge in [-0.15, -0.1) is 0 Å². The third kappa shape index (κ3) is 4.93. The first-order chi connectivity index (χ1) is 18.4. The molecule has 1 amide bonds. The first-order valence-electron chi connectivity index (χ1n) is 11.5. The summed E-state index contributed by atoms with van der Waals surface area (Å²) in [6.45, 7) is 0.377. The van der Waals surface area contributed by atoms with Gasteiger partial charge in [-0.1, -0.05) is 24.3 Å². The average Bonchev–Trinajstić information content (AvgIpc) is 3.28. The fraction of sp³-hybridized carbons (Fsp3) is 0.115. The second kappa shape index (κ2) is 10.3. The van der Waals surface area contributed by atoms with Crippen molar-refractivity contribution in [3.8, 4) is 17.2 Å². The zero-order chi connectivity index (χ0) is 26.6. The van der Waals surface area contributed by atoms with E-state index < -0.39 is 11.7 Å². The topological polar surface area (TPSA) is 160 Å². The van der Waals surface area contributed by atoms with Crippen LogP contribution in [-0.2, 0) is 20.1 Å². The summed E-state index contributed by atoms with van der Waals surface area (Å²) in [5, 5.41) is 15.8. The summed E-state index contributed by atoms with van der Waals surface area (Å²) < 4.78 is 15.3. The number of nitrogens with one attached hydrogen (secondary N) is 2. The minimum absolute atomic E-state index is 0.00387. The normalized spacial score (nSPS) is 10.8. The lowest BCUT2D eigenvalue weighted by Gasteiger charge is -2.11. The van der Waals surface area contributed by atoms with E-state index in [-0.39, 0.29) is 23.8 Å². The number of aryl methyl sites for hydroxylation is 1. The van der Waals surface area contributed by atoms with Crippen molar-refractivity contribution < 1.29 is 9.18 Å². The lowest BCUT2D eigenvalue weighted by atomic mass is 10.0. The monoisotopic (exact) mass is 508 g/mol. The van der Waals surface area contributed by atoms with Crippen LogP contribution in [0.25, 0.3) is 22.2 Å². The Morgan fingerprint density at radius 3 is 2.68 bits per heavy atom. The van der Waals surface area contributed by atoms with Crippen LogP contribution in [0.4, 0.5) is 16.0 Å². The molecule has 0 aliphatic heterocycles. The molecular weight excluding hydrogens is 487 g/mol. The third-order valence-electron chi connectivity index (χ3n) is 5.82. The SMILES string of the molecule is Cn1cc(-c2ccc(CNc3ncc(C#N)nc3C(=O)NCc3cncc(F)c3)cc2)c2c(N)ncnc21. The summed E-state index contributed by atoms with van der Waals surface area (Å²) >= 11 is 0. The lowest BCUT2D eigenvalue weighted by molar-refractivity contribution is 0.0946. The Hall–Kier alpha value is -5.44. The van der Waals surface area contributed by atoms with E-state index in [1.54, 1.807) is 0 Å². The van der Waals surface area contributed by atoms with E-state index in [9.17, 15) is 14.4 Å². The molecule has 12 heteroatoms. The Balaban J connectivity index is 1.32. The van der Waals surface area contributed by atoms with E-state index in [0.717, 1.165) is 33.9 Å². The number of anilines is 2. The number of nitrogens with two attached hydrogens (primary N) is 1. The predicted octanol–water partition coefficient (Wildman–Crippen LogP) is 2.96. The van der Waals surface area contributed by atoms with Gasteiger partial charge in [0.25, 0.3) is 5.91 Å². The van der Waals surface area contributed by atoms with E-state index in [2.05, 4.69) is 35.6 Å². The van der Waals surface area contributed by atoms with Crippen LogP contribution in [0.3, 0.4) is 0 Å². The fourth-order valence-corrected chi connectivity index (χ4v) is 3.99. The van der Waals surface area contributed by atoms with E-state index >= 15 is 0 Å². The second-order valence-electron chi connectivity index (χ2n) is 8.42. The summed E-state index contributed by atoms with van der Waals surface area (Å²) in [6.07, 6.45) is 7.21. The van der Waals surface area contributed by atoms with Gasteiger partial charge in [-0.2, -0.15) is 5.26 Å². The molecule has 11 nitrogen and oxygen atoms in total. The molecule has 0 spiro atoms. The number of amides is 1. The molecule has 0 atom stereocenters. The quantitative estimate of drug-likeness (QED) is 0.300. The van der Waals surface area contributed by atoms with Crippen molar-refractivity contribution in [1.29, 1.82) is 5.26 Å². The molecule has 5 rings (SSSR count). The van der Waals surface area contributed by atoms with E-state index in [0.29, 0.717) is 17.9 Å². The summed E-state index contributed by atoms with van der Waals surface area (Å²) in [7, 11) is 1.90. The number of nitrogens with zero attached hydrogens (tertiary/aromatic N) is 7. The zero-order valence-corrected chi connectivity index (χ0v) is 20.2. The van der Waals surface area contributed by atoms with E-state index in [1.807, 2.05) is 48.1 Å². The molecule has 4 aromatic heterocycles. The van der Waals surface area contributed by atoms with Gasteiger partial charge in [0.15, 0.2) is 17.2 Å². The number of hydrogen-bond acceptors (Lipinski definition) is 9. The molecule has 0 unspecified atom stereocenters. The number of aromatic nitrogens is 6. The Morgan fingerprint density at radius 2 is 1.92 bits per heavy atom. The Bertz CT molecular complexity index is 1690. The maximum absolute atomic E-state index is 13.4. The fourth-order valence-electron chi connectivity index (χ4n) is 3.99. The molecule has 5 aromatic rings. The van der Waals surface area contributed by atoms with Gasteiger partial charge in [0.1, 0.15) is 29.7 Å². The van der Waals surface area contributed by atoms with Gasteiger partial charge in [0, 0.05) is 38.1 Å². The summed E-state index contributed by atoms with van der Waals surface area (Å²) in [4.78, 5) is 33.4. The third-order valence-corrected chi connectivity index (χ3v) is 5.82. The van der Waals surface area contributed by atoms with Crippen molar-refractivity contribution >= 4 is 28.6 Å². The van der Waals surface area contributed by atoms with Crippen LogP contribution in [0.2, 0.25) is 0 Å². The van der Waals surface area contributed by atoms with Crippen LogP contribution < -0.4 is 16.4 Å². The summed E-state index contributed by atoms with van der Waals surface area (Å²) in [5.41, 5.74) is 10.1. The molecule has 0 saturated heterocycles. The Kier molecular flexibility index (Phi) is 6.56.